The molecule has 0 nitrogen and oxygen atoms in total. The molecule has 1 heteroatoms. The minimum absolute atomic E-state index is 0.143. The first-order valence-corrected chi connectivity index (χ1v) is 7.87. The molecule has 0 fully saturated rings. The van der Waals surface area contributed by atoms with Crippen LogP contribution in [0.4, 0.5) is 0 Å². The average molecular weight is 362 g/mol. The van der Waals surface area contributed by atoms with Gasteiger partial charge in [0, 0.05) is 8.99 Å². The van der Waals surface area contributed by atoms with Gasteiger partial charge in [-0.25, -0.2) is 0 Å². The van der Waals surface area contributed by atoms with Crippen LogP contribution in [0.1, 0.15) is 43.9 Å². The van der Waals surface area contributed by atoms with Crippen LogP contribution in [-0.2, 0) is 10.8 Å². The van der Waals surface area contributed by atoms with E-state index in [1.807, 2.05) is 0 Å². The molecule has 2 aromatic rings. The number of benzene rings is 2. The maximum absolute atomic E-state index is 2.42. The summed E-state index contributed by atoms with van der Waals surface area (Å²) in [5, 5.41) is 0. The van der Waals surface area contributed by atoms with Gasteiger partial charge in [0.15, 0.2) is 0 Å². The molecule has 0 radical (unpaired) electrons. The van der Waals surface area contributed by atoms with E-state index in [2.05, 4.69) is 91.9 Å². The van der Waals surface area contributed by atoms with E-state index < -0.39 is 0 Å². The van der Waals surface area contributed by atoms with Gasteiger partial charge in [-0.2, -0.15) is 0 Å². The van der Waals surface area contributed by atoms with Gasteiger partial charge < -0.3 is 0 Å². The molecule has 0 bridgehead atoms. The topological polar surface area (TPSA) is 0 Å². The summed E-state index contributed by atoms with van der Waals surface area (Å²) in [6.07, 6.45) is 1.18. The summed E-state index contributed by atoms with van der Waals surface area (Å²) >= 11 is 2.42. The van der Waals surface area contributed by atoms with Crippen molar-refractivity contribution in [3.8, 4) is 0 Å². The van der Waals surface area contributed by atoms with Crippen molar-refractivity contribution in [3.63, 3.8) is 0 Å². The smallest absolute Gasteiger partial charge is 0.0185 e. The van der Waals surface area contributed by atoms with E-state index in [1.54, 1.807) is 0 Å². The lowest BCUT2D eigenvalue weighted by Gasteiger charge is -2.28. The highest BCUT2D eigenvalue weighted by molar-refractivity contribution is 14.1. The summed E-state index contributed by atoms with van der Waals surface area (Å²) in [6, 6.07) is 17.9. The maximum atomic E-state index is 2.42. The molecule has 1 unspecified atom stereocenters. The Hall–Kier alpha value is -0.830. The number of fused-ring (bicyclic) bond motifs is 1. The van der Waals surface area contributed by atoms with Gasteiger partial charge in [-0.1, -0.05) is 57.2 Å². The van der Waals surface area contributed by atoms with Crippen molar-refractivity contribution < 1.29 is 0 Å². The number of hydrogen-bond donors (Lipinski definition) is 0. The third-order valence-corrected chi connectivity index (χ3v) is 5.18. The van der Waals surface area contributed by atoms with E-state index in [0.717, 1.165) is 0 Å². The second-order valence-electron chi connectivity index (χ2n) is 6.45. The Morgan fingerprint density at radius 2 is 1.58 bits per heavy atom. The lowest BCUT2D eigenvalue weighted by molar-refractivity contribution is 0.425. The van der Waals surface area contributed by atoms with Crippen molar-refractivity contribution >= 4 is 22.6 Å². The zero-order chi connectivity index (χ0) is 13.7. The third-order valence-electron chi connectivity index (χ3n) is 4.51. The van der Waals surface area contributed by atoms with Gasteiger partial charge in [0.1, 0.15) is 0 Å². The predicted molar refractivity (Wildman–Crippen MR) is 89.7 cm³/mol. The molecule has 1 aliphatic rings. The fraction of sp³-hybridized carbons (Fsp3) is 0.333. The van der Waals surface area contributed by atoms with Gasteiger partial charge in [0.05, 0.1) is 0 Å². The molecule has 0 saturated heterocycles. The SMILES string of the molecule is CC1(C)CC(C)(c2ccccc2)c2ccc(I)cc21. The van der Waals surface area contributed by atoms with E-state index >= 15 is 0 Å². The highest BCUT2D eigenvalue weighted by Crippen LogP contribution is 2.52. The van der Waals surface area contributed by atoms with Gasteiger partial charge in [0.2, 0.25) is 0 Å². The van der Waals surface area contributed by atoms with Crippen LogP contribution in [0.25, 0.3) is 0 Å². The molecule has 0 saturated carbocycles. The number of halogens is 1. The molecule has 2 aromatic carbocycles. The van der Waals surface area contributed by atoms with Crippen molar-refractivity contribution in [2.75, 3.05) is 0 Å². The predicted octanol–water partition coefficient (Wildman–Crippen LogP) is 5.28. The van der Waals surface area contributed by atoms with Gasteiger partial charge >= 0.3 is 0 Å². The van der Waals surface area contributed by atoms with Crippen LogP contribution < -0.4 is 0 Å². The summed E-state index contributed by atoms with van der Waals surface area (Å²) in [4.78, 5) is 0. The summed E-state index contributed by atoms with van der Waals surface area (Å²) in [6.45, 7) is 7.13. The number of rotatable bonds is 1. The highest BCUT2D eigenvalue weighted by Gasteiger charge is 2.45. The van der Waals surface area contributed by atoms with Gasteiger partial charge in [-0.3, -0.25) is 0 Å². The van der Waals surface area contributed by atoms with E-state index in [0.29, 0.717) is 0 Å². The minimum atomic E-state index is 0.143. The first kappa shape index (κ1) is 13.2. The Bertz CT molecular complexity index is 613. The lowest BCUT2D eigenvalue weighted by Crippen LogP contribution is -2.23. The Labute approximate surface area is 129 Å². The van der Waals surface area contributed by atoms with Crippen molar-refractivity contribution in [2.24, 2.45) is 0 Å². The third kappa shape index (κ3) is 2.03. The Morgan fingerprint density at radius 1 is 0.895 bits per heavy atom. The summed E-state index contributed by atoms with van der Waals surface area (Å²) in [5.41, 5.74) is 4.85. The van der Waals surface area contributed by atoms with Crippen LogP contribution in [0, 0.1) is 3.57 Å². The van der Waals surface area contributed by atoms with E-state index in [4.69, 9.17) is 0 Å². The molecule has 0 aromatic heterocycles. The van der Waals surface area contributed by atoms with Crippen LogP contribution in [-0.4, -0.2) is 0 Å². The van der Waals surface area contributed by atoms with E-state index in [-0.39, 0.29) is 10.8 Å². The van der Waals surface area contributed by atoms with Crippen LogP contribution in [0.2, 0.25) is 0 Å². The molecule has 0 aliphatic heterocycles. The number of hydrogen-bond acceptors (Lipinski definition) is 0. The first-order valence-electron chi connectivity index (χ1n) is 6.79. The Morgan fingerprint density at radius 3 is 2.26 bits per heavy atom. The second-order valence-corrected chi connectivity index (χ2v) is 7.69. The van der Waals surface area contributed by atoms with Crippen molar-refractivity contribution in [1.29, 1.82) is 0 Å². The molecule has 0 N–H and O–H groups in total. The molecular formula is C18H19I. The van der Waals surface area contributed by atoms with Crippen LogP contribution in [0.3, 0.4) is 0 Å². The quantitative estimate of drug-likeness (QED) is 0.606. The summed E-state index contributed by atoms with van der Waals surface area (Å²) < 4.78 is 1.33. The monoisotopic (exact) mass is 362 g/mol. The molecular weight excluding hydrogens is 343 g/mol. The van der Waals surface area contributed by atoms with Crippen LogP contribution >= 0.6 is 22.6 Å². The molecule has 0 heterocycles. The van der Waals surface area contributed by atoms with Gasteiger partial charge in [-0.15, -0.1) is 0 Å². The van der Waals surface area contributed by atoms with E-state index in [9.17, 15) is 0 Å². The van der Waals surface area contributed by atoms with Gasteiger partial charge in [0.25, 0.3) is 0 Å². The zero-order valence-electron chi connectivity index (χ0n) is 11.7. The Balaban J connectivity index is 2.23. The first-order chi connectivity index (χ1) is 8.93. The normalized spacial score (nSPS) is 24.2. The standard InChI is InChI=1S/C18H19I/c1-17(2)12-18(3,13-7-5-4-6-8-13)15-10-9-14(19)11-16(15)17/h4-11H,12H2,1-3H3. The van der Waals surface area contributed by atoms with Crippen LogP contribution in [0.15, 0.2) is 48.5 Å². The van der Waals surface area contributed by atoms with Crippen molar-refractivity contribution in [2.45, 2.75) is 38.0 Å². The van der Waals surface area contributed by atoms with E-state index in [1.165, 1.54) is 26.7 Å². The zero-order valence-corrected chi connectivity index (χ0v) is 13.9. The maximum Gasteiger partial charge on any atom is 0.0185 e. The summed E-state index contributed by atoms with van der Waals surface area (Å²) in [5.74, 6) is 0. The van der Waals surface area contributed by atoms with Crippen molar-refractivity contribution in [3.05, 3.63) is 68.8 Å². The van der Waals surface area contributed by atoms with Crippen LogP contribution in [0.5, 0.6) is 0 Å². The molecule has 0 amide bonds. The molecule has 19 heavy (non-hydrogen) atoms. The average Bonchev–Trinajstić information content (AvgIpc) is 2.59. The molecule has 3 rings (SSSR count). The van der Waals surface area contributed by atoms with Crippen molar-refractivity contribution in [1.82, 2.24) is 0 Å². The molecule has 1 aliphatic carbocycles. The molecule has 98 valence electrons. The molecule has 1 atom stereocenters. The largest absolute Gasteiger partial charge is 0.0622 e. The Kier molecular flexibility index (Phi) is 3.01. The fourth-order valence-electron chi connectivity index (χ4n) is 3.70. The minimum Gasteiger partial charge on any atom is -0.0622 e. The van der Waals surface area contributed by atoms with Gasteiger partial charge in [-0.05, 0) is 63.2 Å². The molecule has 0 spiro atoms. The lowest BCUT2D eigenvalue weighted by atomic mass is 9.75. The summed E-state index contributed by atoms with van der Waals surface area (Å²) in [7, 11) is 0. The second kappa shape index (κ2) is 4.34. The highest BCUT2D eigenvalue weighted by atomic mass is 127. The fourth-order valence-corrected chi connectivity index (χ4v) is 4.19.